The van der Waals surface area contributed by atoms with Crippen LogP contribution in [0.3, 0.4) is 0 Å². The highest BCUT2D eigenvalue weighted by molar-refractivity contribution is 7.17. The van der Waals surface area contributed by atoms with Gasteiger partial charge in [0.1, 0.15) is 15.6 Å². The summed E-state index contributed by atoms with van der Waals surface area (Å²) in [6.07, 6.45) is 0. The minimum Gasteiger partial charge on any atom is -0.497 e. The molecule has 22 heavy (non-hydrogen) atoms. The fourth-order valence-corrected chi connectivity index (χ4v) is 2.95. The molecule has 0 unspecified atom stereocenters. The van der Waals surface area contributed by atoms with Crippen LogP contribution in [0.4, 0.5) is 0 Å². The number of ether oxygens (including phenoxy) is 2. The number of carbonyl (C=O) groups is 1. The van der Waals surface area contributed by atoms with E-state index in [9.17, 15) is 4.79 Å². The third-order valence-electron chi connectivity index (χ3n) is 2.96. The van der Waals surface area contributed by atoms with E-state index in [-0.39, 0.29) is 5.97 Å². The number of thiazole rings is 1. The Morgan fingerprint density at radius 2 is 1.95 bits per heavy atom. The topological polar surface area (TPSA) is 51.7 Å². The number of nitrogens with zero attached hydrogens (tertiary/aromatic N) is 2. The van der Waals surface area contributed by atoms with Crippen LogP contribution in [0.15, 0.2) is 24.3 Å². The van der Waals surface area contributed by atoms with Crippen LogP contribution in [-0.4, -0.2) is 43.7 Å². The minimum atomic E-state index is -0.309. The van der Waals surface area contributed by atoms with Crippen LogP contribution >= 0.6 is 11.3 Å². The first-order valence-electron chi connectivity index (χ1n) is 7.01. The number of benzene rings is 1. The third-order valence-corrected chi connectivity index (χ3v) is 4.09. The molecule has 0 radical (unpaired) electrons. The Kier molecular flexibility index (Phi) is 5.51. The summed E-state index contributed by atoms with van der Waals surface area (Å²) in [6, 6.07) is 7.64. The van der Waals surface area contributed by atoms with Crippen molar-refractivity contribution in [3.63, 3.8) is 0 Å². The lowest BCUT2D eigenvalue weighted by molar-refractivity contribution is 0.0530. The summed E-state index contributed by atoms with van der Waals surface area (Å²) >= 11 is 1.36. The SMILES string of the molecule is CCOC(=O)c1sc(-c2ccc(OC)cc2)nc1CN(C)C. The van der Waals surface area contributed by atoms with Gasteiger partial charge in [-0.1, -0.05) is 0 Å². The van der Waals surface area contributed by atoms with E-state index in [1.165, 1.54) is 11.3 Å². The van der Waals surface area contributed by atoms with Gasteiger partial charge in [-0.15, -0.1) is 11.3 Å². The van der Waals surface area contributed by atoms with Crippen molar-refractivity contribution in [1.82, 2.24) is 9.88 Å². The van der Waals surface area contributed by atoms with Crippen molar-refractivity contribution < 1.29 is 14.3 Å². The maximum Gasteiger partial charge on any atom is 0.350 e. The van der Waals surface area contributed by atoms with Gasteiger partial charge in [0.25, 0.3) is 0 Å². The van der Waals surface area contributed by atoms with Gasteiger partial charge in [0, 0.05) is 12.1 Å². The summed E-state index contributed by atoms with van der Waals surface area (Å²) in [5.74, 6) is 0.482. The van der Waals surface area contributed by atoms with Crippen LogP contribution in [0.2, 0.25) is 0 Å². The zero-order valence-electron chi connectivity index (χ0n) is 13.3. The molecular formula is C16H20N2O3S. The Balaban J connectivity index is 2.37. The highest BCUT2D eigenvalue weighted by Gasteiger charge is 2.20. The molecule has 1 aromatic carbocycles. The van der Waals surface area contributed by atoms with E-state index in [0.29, 0.717) is 18.0 Å². The molecule has 0 spiro atoms. The first kappa shape index (κ1) is 16.5. The zero-order valence-corrected chi connectivity index (χ0v) is 14.1. The van der Waals surface area contributed by atoms with Gasteiger partial charge in [0.2, 0.25) is 0 Å². The fourth-order valence-electron chi connectivity index (χ4n) is 1.97. The molecule has 0 atom stereocenters. The molecule has 5 nitrogen and oxygen atoms in total. The highest BCUT2D eigenvalue weighted by Crippen LogP contribution is 2.30. The maximum atomic E-state index is 12.1. The summed E-state index contributed by atoms with van der Waals surface area (Å²) in [4.78, 5) is 19.3. The molecule has 0 aliphatic heterocycles. The molecule has 0 saturated carbocycles. The van der Waals surface area contributed by atoms with Gasteiger partial charge in [0.05, 0.1) is 19.4 Å². The lowest BCUT2D eigenvalue weighted by atomic mass is 10.2. The molecule has 1 heterocycles. The van der Waals surface area contributed by atoms with Crippen LogP contribution < -0.4 is 4.74 Å². The second kappa shape index (κ2) is 7.38. The number of aromatic nitrogens is 1. The molecule has 1 aromatic heterocycles. The molecule has 0 aliphatic carbocycles. The van der Waals surface area contributed by atoms with E-state index in [0.717, 1.165) is 22.0 Å². The molecule has 6 heteroatoms. The van der Waals surface area contributed by atoms with Crippen LogP contribution in [0.25, 0.3) is 10.6 Å². The van der Waals surface area contributed by atoms with Gasteiger partial charge in [0.15, 0.2) is 0 Å². The third kappa shape index (κ3) is 3.84. The van der Waals surface area contributed by atoms with Crippen molar-refractivity contribution in [2.75, 3.05) is 27.8 Å². The number of methoxy groups -OCH3 is 1. The van der Waals surface area contributed by atoms with E-state index in [2.05, 4.69) is 4.98 Å². The Morgan fingerprint density at radius 3 is 2.50 bits per heavy atom. The summed E-state index contributed by atoms with van der Waals surface area (Å²) in [5.41, 5.74) is 1.71. The zero-order chi connectivity index (χ0) is 16.1. The molecule has 2 rings (SSSR count). The molecular weight excluding hydrogens is 300 g/mol. The van der Waals surface area contributed by atoms with Gasteiger partial charge in [-0.05, 0) is 45.3 Å². The number of esters is 1. The summed E-state index contributed by atoms with van der Waals surface area (Å²) < 4.78 is 10.3. The Bertz CT molecular complexity index is 635. The fraction of sp³-hybridized carbons (Fsp3) is 0.375. The quantitative estimate of drug-likeness (QED) is 0.766. The molecule has 118 valence electrons. The van der Waals surface area contributed by atoms with Gasteiger partial charge in [-0.3, -0.25) is 0 Å². The maximum absolute atomic E-state index is 12.1. The van der Waals surface area contributed by atoms with Gasteiger partial charge in [-0.2, -0.15) is 0 Å². The molecule has 0 saturated heterocycles. The Labute approximate surface area is 134 Å². The van der Waals surface area contributed by atoms with Crippen LogP contribution in [0, 0.1) is 0 Å². The normalized spacial score (nSPS) is 10.8. The molecule has 0 fully saturated rings. The van der Waals surface area contributed by atoms with E-state index in [1.807, 2.05) is 43.3 Å². The Morgan fingerprint density at radius 1 is 1.27 bits per heavy atom. The van der Waals surface area contributed by atoms with Gasteiger partial charge in [-0.25, -0.2) is 9.78 Å². The minimum absolute atomic E-state index is 0.309. The summed E-state index contributed by atoms with van der Waals surface area (Å²) in [5, 5.41) is 0.808. The van der Waals surface area contributed by atoms with Crippen molar-refractivity contribution in [2.24, 2.45) is 0 Å². The van der Waals surface area contributed by atoms with Crippen molar-refractivity contribution >= 4 is 17.3 Å². The van der Waals surface area contributed by atoms with Crippen molar-refractivity contribution in [2.45, 2.75) is 13.5 Å². The predicted molar refractivity (Wildman–Crippen MR) is 87.4 cm³/mol. The molecule has 0 aliphatic rings. The number of rotatable bonds is 6. The molecule has 0 bridgehead atoms. The average molecular weight is 320 g/mol. The largest absolute Gasteiger partial charge is 0.497 e. The monoisotopic (exact) mass is 320 g/mol. The van der Waals surface area contributed by atoms with Crippen molar-refractivity contribution in [1.29, 1.82) is 0 Å². The Hall–Kier alpha value is -1.92. The van der Waals surface area contributed by atoms with Gasteiger partial charge < -0.3 is 14.4 Å². The lowest BCUT2D eigenvalue weighted by Crippen LogP contribution is -2.14. The summed E-state index contributed by atoms with van der Waals surface area (Å²) in [6.45, 7) is 2.76. The highest BCUT2D eigenvalue weighted by atomic mass is 32.1. The first-order chi connectivity index (χ1) is 10.5. The lowest BCUT2D eigenvalue weighted by Gasteiger charge is -2.08. The second-order valence-corrected chi connectivity index (χ2v) is 5.98. The number of hydrogen-bond acceptors (Lipinski definition) is 6. The van der Waals surface area contributed by atoms with E-state index >= 15 is 0 Å². The predicted octanol–water partition coefficient (Wildman–Crippen LogP) is 3.06. The second-order valence-electron chi connectivity index (χ2n) is 4.98. The van der Waals surface area contributed by atoms with Crippen molar-refractivity contribution in [3.8, 4) is 16.3 Å². The average Bonchev–Trinajstić information content (AvgIpc) is 2.90. The molecule has 0 amide bonds. The molecule has 2 aromatic rings. The van der Waals surface area contributed by atoms with E-state index in [1.54, 1.807) is 14.0 Å². The standard InChI is InChI=1S/C16H20N2O3S/c1-5-21-16(19)14-13(10-18(2)3)17-15(22-14)11-6-8-12(20-4)9-7-11/h6-9H,5,10H2,1-4H3. The number of carbonyl (C=O) groups excluding carboxylic acids is 1. The van der Waals surface area contributed by atoms with E-state index < -0.39 is 0 Å². The summed E-state index contributed by atoms with van der Waals surface area (Å²) in [7, 11) is 5.52. The molecule has 0 N–H and O–H groups in total. The smallest absolute Gasteiger partial charge is 0.350 e. The van der Waals surface area contributed by atoms with Crippen molar-refractivity contribution in [3.05, 3.63) is 34.8 Å². The van der Waals surface area contributed by atoms with Crippen LogP contribution in [-0.2, 0) is 11.3 Å². The van der Waals surface area contributed by atoms with Crippen LogP contribution in [0.1, 0.15) is 22.3 Å². The van der Waals surface area contributed by atoms with E-state index in [4.69, 9.17) is 9.47 Å². The number of hydrogen-bond donors (Lipinski definition) is 0. The van der Waals surface area contributed by atoms with Crippen LogP contribution in [0.5, 0.6) is 5.75 Å². The first-order valence-corrected chi connectivity index (χ1v) is 7.82. The van der Waals surface area contributed by atoms with Gasteiger partial charge >= 0.3 is 5.97 Å².